The van der Waals surface area contributed by atoms with Gasteiger partial charge >= 0.3 is 0 Å². The number of carbonyl (C=O) groups is 2. The van der Waals surface area contributed by atoms with E-state index in [0.29, 0.717) is 6.54 Å². The lowest BCUT2D eigenvalue weighted by Crippen LogP contribution is -2.46. The highest BCUT2D eigenvalue weighted by Gasteiger charge is 2.15. The van der Waals surface area contributed by atoms with Gasteiger partial charge in [0.1, 0.15) is 0 Å². The quantitative estimate of drug-likeness (QED) is 0.775. The number of nitrogens with zero attached hydrogens (tertiary/aromatic N) is 1. The first kappa shape index (κ1) is 13.5. The molecule has 1 aliphatic rings. The van der Waals surface area contributed by atoms with Crippen LogP contribution in [0.15, 0.2) is 30.3 Å². The molecule has 1 heterocycles. The summed E-state index contributed by atoms with van der Waals surface area (Å²) >= 11 is 0. The van der Waals surface area contributed by atoms with E-state index in [1.54, 1.807) is 0 Å². The van der Waals surface area contributed by atoms with Crippen molar-refractivity contribution in [2.45, 2.75) is 19.3 Å². The Morgan fingerprint density at radius 1 is 1.00 bits per heavy atom. The van der Waals surface area contributed by atoms with E-state index >= 15 is 0 Å². The number of rotatable bonds is 4. The monoisotopic (exact) mass is 261 g/mol. The molecule has 0 radical (unpaired) electrons. The maximum absolute atomic E-state index is 11.6. The van der Waals surface area contributed by atoms with Crippen molar-refractivity contribution >= 4 is 11.8 Å². The van der Waals surface area contributed by atoms with Gasteiger partial charge in [0, 0.05) is 0 Å². The molecule has 5 heteroatoms. The van der Waals surface area contributed by atoms with Crippen LogP contribution in [0.25, 0.3) is 0 Å². The molecule has 1 fully saturated rings. The van der Waals surface area contributed by atoms with E-state index in [9.17, 15) is 9.59 Å². The molecule has 1 aromatic rings. The summed E-state index contributed by atoms with van der Waals surface area (Å²) in [5.74, 6) is -0.371. The van der Waals surface area contributed by atoms with Crippen molar-refractivity contribution in [3.63, 3.8) is 0 Å². The Morgan fingerprint density at radius 2 is 1.63 bits per heavy atom. The van der Waals surface area contributed by atoms with Crippen molar-refractivity contribution in [3.8, 4) is 0 Å². The van der Waals surface area contributed by atoms with Gasteiger partial charge in [0.15, 0.2) is 0 Å². The van der Waals surface area contributed by atoms with Crippen LogP contribution in [-0.2, 0) is 16.0 Å². The van der Waals surface area contributed by atoms with Gasteiger partial charge in [0.2, 0.25) is 5.91 Å². The molecule has 0 unspecified atom stereocenters. The standard InChI is InChI=1S/C14H19N3O2/c18-13(10-12-6-2-1-3-7-12)15-16-14(19)11-17-8-4-5-9-17/h1-3,6-7H,4-5,8-11H2,(H,15,18)(H,16,19). The third-order valence-corrected chi connectivity index (χ3v) is 3.11. The van der Waals surface area contributed by atoms with E-state index in [1.165, 1.54) is 0 Å². The zero-order valence-corrected chi connectivity index (χ0v) is 10.9. The van der Waals surface area contributed by atoms with Crippen molar-refractivity contribution in [3.05, 3.63) is 35.9 Å². The molecule has 0 atom stereocenters. The summed E-state index contributed by atoms with van der Waals surface area (Å²) < 4.78 is 0. The number of likely N-dealkylation sites (tertiary alicyclic amines) is 1. The number of hydrogen-bond acceptors (Lipinski definition) is 3. The van der Waals surface area contributed by atoms with Gasteiger partial charge in [-0.05, 0) is 31.5 Å². The fraction of sp³-hybridized carbons (Fsp3) is 0.429. The summed E-state index contributed by atoms with van der Waals surface area (Å²) in [6, 6.07) is 9.43. The van der Waals surface area contributed by atoms with Crippen LogP contribution in [0, 0.1) is 0 Å². The van der Waals surface area contributed by atoms with Crippen molar-refractivity contribution in [1.29, 1.82) is 0 Å². The van der Waals surface area contributed by atoms with E-state index in [-0.39, 0.29) is 18.2 Å². The zero-order chi connectivity index (χ0) is 13.5. The molecule has 0 aromatic heterocycles. The second kappa shape index (κ2) is 6.89. The largest absolute Gasteiger partial charge is 0.294 e. The molecule has 1 aliphatic heterocycles. The molecule has 2 amide bonds. The summed E-state index contributed by atoms with van der Waals surface area (Å²) in [7, 11) is 0. The molecule has 2 rings (SSSR count). The predicted molar refractivity (Wildman–Crippen MR) is 72.1 cm³/mol. The highest BCUT2D eigenvalue weighted by atomic mass is 16.2. The van der Waals surface area contributed by atoms with E-state index in [4.69, 9.17) is 0 Å². The minimum atomic E-state index is -0.207. The van der Waals surface area contributed by atoms with Crippen LogP contribution in [0.4, 0.5) is 0 Å². The number of amides is 2. The van der Waals surface area contributed by atoms with E-state index < -0.39 is 0 Å². The van der Waals surface area contributed by atoms with Gasteiger partial charge in [-0.1, -0.05) is 30.3 Å². The Bertz CT molecular complexity index is 428. The lowest BCUT2D eigenvalue weighted by atomic mass is 10.1. The van der Waals surface area contributed by atoms with Crippen molar-refractivity contribution in [2.24, 2.45) is 0 Å². The second-order valence-corrected chi connectivity index (χ2v) is 4.74. The normalized spacial score (nSPS) is 15.2. The topological polar surface area (TPSA) is 61.4 Å². The van der Waals surface area contributed by atoms with Gasteiger partial charge < -0.3 is 0 Å². The van der Waals surface area contributed by atoms with Gasteiger partial charge in [0.25, 0.3) is 5.91 Å². The van der Waals surface area contributed by atoms with Crippen LogP contribution in [0.5, 0.6) is 0 Å². The van der Waals surface area contributed by atoms with Gasteiger partial charge in [-0.2, -0.15) is 0 Å². The molecule has 1 saturated heterocycles. The number of hydrogen-bond donors (Lipinski definition) is 2. The first-order chi connectivity index (χ1) is 9.24. The Hall–Kier alpha value is -1.88. The number of carbonyl (C=O) groups excluding carboxylic acids is 2. The molecular formula is C14H19N3O2. The highest BCUT2D eigenvalue weighted by molar-refractivity contribution is 5.84. The van der Waals surface area contributed by atoms with Crippen molar-refractivity contribution in [2.75, 3.05) is 19.6 Å². The molecule has 102 valence electrons. The SMILES string of the molecule is O=C(Cc1ccccc1)NNC(=O)CN1CCCC1. The summed E-state index contributed by atoms with van der Waals surface area (Å²) in [6.07, 6.45) is 2.56. The Balaban J connectivity index is 1.67. The van der Waals surface area contributed by atoms with E-state index in [2.05, 4.69) is 15.8 Å². The summed E-state index contributed by atoms with van der Waals surface area (Å²) in [5, 5.41) is 0. The van der Waals surface area contributed by atoms with Gasteiger partial charge in [-0.15, -0.1) is 0 Å². The second-order valence-electron chi connectivity index (χ2n) is 4.74. The Kier molecular flexibility index (Phi) is 4.92. The maximum Gasteiger partial charge on any atom is 0.252 e. The van der Waals surface area contributed by atoms with Gasteiger partial charge in [-0.3, -0.25) is 25.3 Å². The summed E-state index contributed by atoms with van der Waals surface area (Å²) in [5.41, 5.74) is 5.81. The molecule has 5 nitrogen and oxygen atoms in total. The third kappa shape index (κ3) is 4.71. The van der Waals surface area contributed by atoms with Crippen LogP contribution in [0.3, 0.4) is 0 Å². The van der Waals surface area contributed by atoms with Crippen molar-refractivity contribution in [1.82, 2.24) is 15.8 Å². The zero-order valence-electron chi connectivity index (χ0n) is 10.9. The maximum atomic E-state index is 11.6. The molecule has 0 bridgehead atoms. The van der Waals surface area contributed by atoms with Crippen LogP contribution < -0.4 is 10.9 Å². The number of hydrazine groups is 1. The molecule has 0 saturated carbocycles. The van der Waals surface area contributed by atoms with Gasteiger partial charge in [0.05, 0.1) is 13.0 Å². The molecule has 1 aromatic carbocycles. The summed E-state index contributed by atoms with van der Waals surface area (Å²) in [6.45, 7) is 2.28. The van der Waals surface area contributed by atoms with Crippen LogP contribution in [0.1, 0.15) is 18.4 Å². The van der Waals surface area contributed by atoms with E-state index in [0.717, 1.165) is 31.5 Å². The molecule has 0 aliphatic carbocycles. The van der Waals surface area contributed by atoms with E-state index in [1.807, 2.05) is 30.3 Å². The Morgan fingerprint density at radius 3 is 2.32 bits per heavy atom. The van der Waals surface area contributed by atoms with Crippen LogP contribution >= 0.6 is 0 Å². The van der Waals surface area contributed by atoms with Crippen molar-refractivity contribution < 1.29 is 9.59 Å². The fourth-order valence-electron chi connectivity index (χ4n) is 2.15. The highest BCUT2D eigenvalue weighted by Crippen LogP contribution is 2.05. The number of benzene rings is 1. The van der Waals surface area contributed by atoms with Crippen LogP contribution in [-0.4, -0.2) is 36.3 Å². The fourth-order valence-corrected chi connectivity index (χ4v) is 2.15. The third-order valence-electron chi connectivity index (χ3n) is 3.11. The summed E-state index contributed by atoms with van der Waals surface area (Å²) in [4.78, 5) is 25.3. The average Bonchev–Trinajstić information content (AvgIpc) is 2.90. The lowest BCUT2D eigenvalue weighted by molar-refractivity contribution is -0.129. The minimum absolute atomic E-state index is 0.164. The first-order valence-corrected chi connectivity index (χ1v) is 6.58. The Labute approximate surface area is 112 Å². The number of nitrogens with one attached hydrogen (secondary N) is 2. The minimum Gasteiger partial charge on any atom is -0.294 e. The molecule has 19 heavy (non-hydrogen) atoms. The predicted octanol–water partition coefficient (Wildman–Crippen LogP) is 0.472. The molecular weight excluding hydrogens is 242 g/mol. The smallest absolute Gasteiger partial charge is 0.252 e. The lowest BCUT2D eigenvalue weighted by Gasteiger charge is -2.14. The molecule has 0 spiro atoms. The van der Waals surface area contributed by atoms with Gasteiger partial charge in [-0.25, -0.2) is 0 Å². The van der Waals surface area contributed by atoms with Crippen LogP contribution in [0.2, 0.25) is 0 Å². The first-order valence-electron chi connectivity index (χ1n) is 6.58. The molecule has 2 N–H and O–H groups in total. The average molecular weight is 261 g/mol.